The largest absolute Gasteiger partial charge is 0.828 e. The highest BCUT2D eigenvalue weighted by molar-refractivity contribution is 6.42. The van der Waals surface area contributed by atoms with E-state index in [1.807, 2.05) is 0 Å². The third-order valence-corrected chi connectivity index (χ3v) is 0. The lowest BCUT2D eigenvalue weighted by molar-refractivity contribution is -0.361. The van der Waals surface area contributed by atoms with Crippen LogP contribution in [0.3, 0.4) is 0 Å². The number of halogens is 2. The third-order valence-electron chi connectivity index (χ3n) is 0. The van der Waals surface area contributed by atoms with Gasteiger partial charge in [-0.15, -0.1) is 23.2 Å². The van der Waals surface area contributed by atoms with Crippen molar-refractivity contribution in [2.75, 3.05) is 0 Å². The van der Waals surface area contributed by atoms with Crippen molar-refractivity contribution >= 4 is 23.2 Å². The molecule has 0 unspecified atom stereocenters. The first-order chi connectivity index (χ1) is 1.73. The zero-order valence-corrected chi connectivity index (χ0v) is 3.25. The van der Waals surface area contributed by atoms with E-state index >= 15 is 0 Å². The second kappa shape index (κ2) is 1.82. The van der Waals surface area contributed by atoms with E-state index < -0.39 is 5.02 Å². The quantitative estimate of drug-likeness (QED) is 0.396. The lowest BCUT2D eigenvalue weighted by Crippen LogP contribution is -2.07. The second-order valence-electron chi connectivity index (χ2n) is 0.261. The Bertz CT molecular complexity index is 10.8. The molecule has 0 saturated carbocycles. The van der Waals surface area contributed by atoms with E-state index in [1.165, 1.54) is 0 Å². The monoisotopic (exact) mass is 98.9 g/mol. The smallest absolute Gasteiger partial charge is 0.0328 e. The van der Waals surface area contributed by atoms with Crippen molar-refractivity contribution in [3.8, 4) is 0 Å². The van der Waals surface area contributed by atoms with Crippen LogP contribution in [0.2, 0.25) is 0 Å². The Balaban J connectivity index is 2.32. The molecule has 0 bridgehead atoms. The Morgan fingerprint density at radius 1 is 1.50 bits per heavy atom. The Morgan fingerprint density at radius 2 is 1.50 bits per heavy atom. The van der Waals surface area contributed by atoms with E-state index in [0.717, 1.165) is 0 Å². The SMILES string of the molecule is [O-]C(Cl)Cl. The van der Waals surface area contributed by atoms with E-state index in [-0.39, 0.29) is 0 Å². The van der Waals surface area contributed by atoms with Crippen LogP contribution in [0.4, 0.5) is 0 Å². The average molecular weight is 99.9 g/mol. The number of alkyl halides is 2. The fourth-order valence-corrected chi connectivity index (χ4v) is 0. The maximum atomic E-state index is 9.06. The molecule has 0 aliphatic rings. The Kier molecular flexibility index (Phi) is 2.07. The molecule has 0 aromatic rings. The van der Waals surface area contributed by atoms with Gasteiger partial charge in [-0.1, -0.05) is 0 Å². The first kappa shape index (κ1) is 4.54. The second-order valence-corrected chi connectivity index (χ2v) is 1.28. The van der Waals surface area contributed by atoms with Gasteiger partial charge in [-0.3, -0.25) is 0 Å². The summed E-state index contributed by atoms with van der Waals surface area (Å²) in [6, 6.07) is 0. The molecule has 0 aromatic heterocycles. The topological polar surface area (TPSA) is 23.1 Å². The molecule has 0 saturated heterocycles. The van der Waals surface area contributed by atoms with E-state index in [4.69, 9.17) is 5.11 Å². The van der Waals surface area contributed by atoms with E-state index in [1.54, 1.807) is 0 Å². The van der Waals surface area contributed by atoms with Crippen molar-refractivity contribution < 1.29 is 5.11 Å². The van der Waals surface area contributed by atoms with Gasteiger partial charge in [-0.25, -0.2) is 0 Å². The van der Waals surface area contributed by atoms with Gasteiger partial charge < -0.3 is 5.11 Å². The summed E-state index contributed by atoms with van der Waals surface area (Å²) in [6.45, 7) is 0. The first-order valence-corrected chi connectivity index (χ1v) is 1.55. The van der Waals surface area contributed by atoms with Crippen LogP contribution in [0, 0.1) is 0 Å². The van der Waals surface area contributed by atoms with Gasteiger partial charge in [0.25, 0.3) is 0 Å². The van der Waals surface area contributed by atoms with Crippen LogP contribution in [0.15, 0.2) is 0 Å². The van der Waals surface area contributed by atoms with Crippen LogP contribution in [-0.2, 0) is 0 Å². The first-order valence-electron chi connectivity index (χ1n) is 0.672. The van der Waals surface area contributed by atoms with Gasteiger partial charge in [0.15, 0.2) is 0 Å². The predicted octanol–water partition coefficient (Wildman–Crippen LogP) is 0.108. The summed E-state index contributed by atoms with van der Waals surface area (Å²) in [5, 5.41) is 7.59. The van der Waals surface area contributed by atoms with E-state index in [0.29, 0.717) is 0 Å². The number of hydrogen-bond donors (Lipinski definition) is 0. The zero-order chi connectivity index (χ0) is 3.58. The average Bonchev–Trinajstić information content (AvgIpc) is 0.811. The lowest BCUT2D eigenvalue weighted by Gasteiger charge is -1.95. The van der Waals surface area contributed by atoms with Crippen molar-refractivity contribution in [3.63, 3.8) is 0 Å². The third kappa shape index (κ3) is 20.7. The van der Waals surface area contributed by atoms with Gasteiger partial charge in [-0.2, -0.15) is 0 Å². The molecular formula is CHCl2O-. The summed E-state index contributed by atoms with van der Waals surface area (Å²) in [5.41, 5.74) is 0. The summed E-state index contributed by atoms with van der Waals surface area (Å²) in [4.78, 5) is 0. The highest BCUT2D eigenvalue weighted by atomic mass is 35.5. The Labute approximate surface area is 34.1 Å². The number of hydrogen-bond acceptors (Lipinski definition) is 1. The van der Waals surface area contributed by atoms with Crippen LogP contribution in [-0.4, -0.2) is 5.02 Å². The molecule has 0 aliphatic heterocycles. The summed E-state index contributed by atoms with van der Waals surface area (Å²) in [6.07, 6.45) is 0. The Hall–Kier alpha value is 0.540. The molecule has 0 amide bonds. The van der Waals surface area contributed by atoms with Crippen molar-refractivity contribution in [2.24, 2.45) is 0 Å². The molecule has 26 valence electrons. The van der Waals surface area contributed by atoms with Gasteiger partial charge in [-0.05, 0) is 0 Å². The van der Waals surface area contributed by atoms with Crippen molar-refractivity contribution in [1.29, 1.82) is 0 Å². The normalized spacial score (nSPS) is 9.00. The van der Waals surface area contributed by atoms with Crippen LogP contribution in [0.5, 0.6) is 0 Å². The lowest BCUT2D eigenvalue weighted by atomic mass is 11.7. The molecule has 1 nitrogen and oxygen atoms in total. The van der Waals surface area contributed by atoms with Crippen LogP contribution >= 0.6 is 23.2 Å². The fourth-order valence-electron chi connectivity index (χ4n) is 0. The van der Waals surface area contributed by atoms with Gasteiger partial charge >= 0.3 is 0 Å². The van der Waals surface area contributed by atoms with Gasteiger partial charge in [0.1, 0.15) is 0 Å². The highest BCUT2D eigenvalue weighted by Gasteiger charge is 1.60. The summed E-state index contributed by atoms with van der Waals surface area (Å²) >= 11 is 8.97. The maximum Gasteiger partial charge on any atom is 0.0328 e. The molecule has 0 aliphatic carbocycles. The van der Waals surface area contributed by atoms with Crippen LogP contribution in [0.1, 0.15) is 0 Å². The zero-order valence-electron chi connectivity index (χ0n) is 1.74. The molecular weight excluding hydrogens is 98.9 g/mol. The molecule has 0 radical (unpaired) electrons. The van der Waals surface area contributed by atoms with Crippen molar-refractivity contribution in [3.05, 3.63) is 0 Å². The molecule has 3 heteroatoms. The fraction of sp³-hybridized carbons (Fsp3) is 1.00. The van der Waals surface area contributed by atoms with Crippen molar-refractivity contribution in [1.82, 2.24) is 0 Å². The van der Waals surface area contributed by atoms with E-state index in [9.17, 15) is 0 Å². The highest BCUT2D eigenvalue weighted by Crippen LogP contribution is 1.85. The molecule has 0 N–H and O–H groups in total. The molecule has 4 heavy (non-hydrogen) atoms. The van der Waals surface area contributed by atoms with Crippen molar-refractivity contribution in [2.45, 2.75) is 5.02 Å². The molecule has 0 spiro atoms. The molecule has 0 fully saturated rings. The summed E-state index contributed by atoms with van der Waals surface area (Å²) in [7, 11) is 0. The van der Waals surface area contributed by atoms with E-state index in [2.05, 4.69) is 23.2 Å². The molecule has 0 atom stereocenters. The van der Waals surface area contributed by atoms with Crippen LogP contribution in [0.25, 0.3) is 0 Å². The minimum absolute atomic E-state index is 1.47. The summed E-state index contributed by atoms with van der Waals surface area (Å²) in [5.74, 6) is 0. The maximum absolute atomic E-state index is 9.06. The van der Waals surface area contributed by atoms with Crippen LogP contribution < -0.4 is 5.11 Å². The molecule has 0 rings (SSSR count). The standard InChI is InChI=1S/CHCl2O/c2-1(3)4/h1H/q-1. The Morgan fingerprint density at radius 3 is 1.50 bits per heavy atom. The molecule has 0 heterocycles. The number of rotatable bonds is 0. The van der Waals surface area contributed by atoms with Gasteiger partial charge in [0.05, 0.1) is 0 Å². The summed E-state index contributed by atoms with van der Waals surface area (Å²) < 4.78 is 0. The van der Waals surface area contributed by atoms with Gasteiger partial charge in [0.2, 0.25) is 0 Å². The molecule has 0 aromatic carbocycles. The minimum Gasteiger partial charge on any atom is -0.828 e. The van der Waals surface area contributed by atoms with Gasteiger partial charge in [0, 0.05) is 5.02 Å². The minimum atomic E-state index is -1.47. The predicted molar refractivity (Wildman–Crippen MR) is 15.5 cm³/mol.